The first-order valence-corrected chi connectivity index (χ1v) is 14.6. The first-order valence-electron chi connectivity index (χ1n) is 14.6. The van der Waals surface area contributed by atoms with Crippen molar-refractivity contribution in [3.63, 3.8) is 0 Å². The van der Waals surface area contributed by atoms with Crippen LogP contribution >= 0.6 is 0 Å². The second kappa shape index (κ2) is 12.6. The Balaban J connectivity index is 1.19. The Kier molecular flexibility index (Phi) is 8.56. The van der Waals surface area contributed by atoms with E-state index in [0.29, 0.717) is 81.4 Å². The maximum Gasteiger partial charge on any atom is 0.296 e. The molecule has 1 aliphatic carbocycles. The summed E-state index contributed by atoms with van der Waals surface area (Å²) < 4.78 is 47.2. The van der Waals surface area contributed by atoms with Gasteiger partial charge in [0, 0.05) is 38.2 Å². The number of morpholine rings is 1. The van der Waals surface area contributed by atoms with Crippen LogP contribution in [0.3, 0.4) is 0 Å². The Bertz CT molecular complexity index is 1330. The lowest BCUT2D eigenvalue weighted by molar-refractivity contribution is -0.127. The fourth-order valence-corrected chi connectivity index (χ4v) is 5.85. The molecule has 1 saturated carbocycles. The average molecular weight is 571 g/mol. The SMILES string of the molecule is O=C(NCC1CCCCO1)[C@H]1CC[C@H](Oc2cc(-n3c(C(F)F)nc4ccccc43)nc(N3CCOCC3)n2)CC1. The van der Waals surface area contributed by atoms with Gasteiger partial charge >= 0.3 is 0 Å². The lowest BCUT2D eigenvalue weighted by Gasteiger charge is -2.30. The van der Waals surface area contributed by atoms with Crippen LogP contribution < -0.4 is 15.0 Å². The monoisotopic (exact) mass is 570 g/mol. The van der Waals surface area contributed by atoms with Gasteiger partial charge in [-0.05, 0) is 57.1 Å². The summed E-state index contributed by atoms with van der Waals surface area (Å²) in [6, 6.07) is 8.61. The van der Waals surface area contributed by atoms with E-state index in [1.807, 2.05) is 4.90 Å². The number of halogens is 2. The summed E-state index contributed by atoms with van der Waals surface area (Å²) in [7, 11) is 0. The highest BCUT2D eigenvalue weighted by Gasteiger charge is 2.29. The topological polar surface area (TPSA) is 104 Å². The van der Waals surface area contributed by atoms with Gasteiger partial charge in [0.2, 0.25) is 17.7 Å². The maximum absolute atomic E-state index is 14.1. The van der Waals surface area contributed by atoms with Crippen LogP contribution in [0, 0.1) is 5.92 Å². The fourth-order valence-electron chi connectivity index (χ4n) is 5.85. The summed E-state index contributed by atoms with van der Waals surface area (Å²) in [6.07, 6.45) is 3.19. The number of hydrogen-bond acceptors (Lipinski definition) is 8. The lowest BCUT2D eigenvalue weighted by Crippen LogP contribution is -2.40. The smallest absolute Gasteiger partial charge is 0.296 e. The van der Waals surface area contributed by atoms with E-state index in [0.717, 1.165) is 25.9 Å². The average Bonchev–Trinajstić information content (AvgIpc) is 3.41. The van der Waals surface area contributed by atoms with Gasteiger partial charge in [-0.25, -0.2) is 13.8 Å². The van der Waals surface area contributed by atoms with Gasteiger partial charge in [0.15, 0.2) is 5.82 Å². The highest BCUT2D eigenvalue weighted by Crippen LogP contribution is 2.32. The third kappa shape index (κ3) is 6.43. The highest BCUT2D eigenvalue weighted by molar-refractivity contribution is 5.79. The molecule has 4 heterocycles. The molecule has 0 radical (unpaired) electrons. The van der Waals surface area contributed by atoms with Crippen LogP contribution in [0.15, 0.2) is 30.3 Å². The molecule has 1 aromatic carbocycles. The predicted molar refractivity (Wildman–Crippen MR) is 148 cm³/mol. The molecular weight excluding hydrogens is 534 g/mol. The molecule has 1 unspecified atom stereocenters. The largest absolute Gasteiger partial charge is 0.474 e. The van der Waals surface area contributed by atoms with Gasteiger partial charge in [-0.2, -0.15) is 9.97 Å². The summed E-state index contributed by atoms with van der Waals surface area (Å²) in [5.74, 6) is 0.623. The maximum atomic E-state index is 14.1. The number of fused-ring (bicyclic) bond motifs is 1. The van der Waals surface area contributed by atoms with Crippen LogP contribution in [0.2, 0.25) is 0 Å². The number of carbonyl (C=O) groups excluding carboxylic acids is 1. The number of carbonyl (C=O) groups is 1. The Morgan fingerprint density at radius 1 is 1.02 bits per heavy atom. The number of anilines is 1. The molecule has 3 fully saturated rings. The Morgan fingerprint density at radius 3 is 2.59 bits per heavy atom. The van der Waals surface area contributed by atoms with E-state index in [2.05, 4.69) is 20.3 Å². The second-order valence-corrected chi connectivity index (χ2v) is 10.9. The molecule has 1 amide bonds. The zero-order valence-electron chi connectivity index (χ0n) is 23.0. The van der Waals surface area contributed by atoms with Crippen LogP contribution in [0.25, 0.3) is 16.9 Å². The zero-order chi connectivity index (χ0) is 28.2. The van der Waals surface area contributed by atoms with Crippen molar-refractivity contribution in [1.82, 2.24) is 24.8 Å². The van der Waals surface area contributed by atoms with Crippen molar-refractivity contribution in [1.29, 1.82) is 0 Å². The number of rotatable bonds is 8. The van der Waals surface area contributed by atoms with E-state index in [-0.39, 0.29) is 35.7 Å². The van der Waals surface area contributed by atoms with E-state index in [1.165, 1.54) is 4.57 Å². The molecule has 3 aromatic rings. The van der Waals surface area contributed by atoms with Gasteiger partial charge in [0.25, 0.3) is 6.43 Å². The number of aromatic nitrogens is 4. The highest BCUT2D eigenvalue weighted by atomic mass is 19.3. The summed E-state index contributed by atoms with van der Waals surface area (Å²) in [5, 5.41) is 3.07. The van der Waals surface area contributed by atoms with Crippen LogP contribution in [0.1, 0.15) is 57.2 Å². The lowest BCUT2D eigenvalue weighted by atomic mass is 9.86. The quantitative estimate of drug-likeness (QED) is 0.430. The van der Waals surface area contributed by atoms with Crippen molar-refractivity contribution in [2.24, 2.45) is 5.92 Å². The summed E-state index contributed by atoms with van der Waals surface area (Å²) in [5.41, 5.74) is 0.994. The third-order valence-corrected chi connectivity index (χ3v) is 8.09. The van der Waals surface area contributed by atoms with Gasteiger partial charge in [0.1, 0.15) is 11.9 Å². The molecule has 220 valence electrons. The molecule has 2 aliphatic heterocycles. The number of benzene rings is 1. The van der Waals surface area contributed by atoms with Crippen molar-refractivity contribution >= 4 is 22.9 Å². The molecule has 3 aliphatic rings. The number of nitrogens with zero attached hydrogens (tertiary/aromatic N) is 5. The van der Waals surface area contributed by atoms with Crippen molar-refractivity contribution < 1.29 is 27.8 Å². The number of para-hydroxylation sites is 2. The van der Waals surface area contributed by atoms with Crippen LogP contribution in [0.5, 0.6) is 5.88 Å². The summed E-state index contributed by atoms with van der Waals surface area (Å²) in [4.78, 5) is 28.3. The van der Waals surface area contributed by atoms with E-state index in [1.54, 1.807) is 30.3 Å². The number of amides is 1. The minimum absolute atomic E-state index is 0.0609. The number of ether oxygens (including phenoxy) is 3. The minimum atomic E-state index is -2.79. The molecule has 41 heavy (non-hydrogen) atoms. The molecule has 0 spiro atoms. The zero-order valence-corrected chi connectivity index (χ0v) is 23.0. The Labute approximate surface area is 237 Å². The summed E-state index contributed by atoms with van der Waals surface area (Å²) >= 11 is 0. The molecule has 12 heteroatoms. The fraction of sp³-hybridized carbons (Fsp3) is 0.586. The first-order chi connectivity index (χ1) is 20.0. The number of nitrogens with one attached hydrogen (secondary N) is 1. The molecule has 2 aromatic heterocycles. The van der Waals surface area contributed by atoms with Gasteiger partial charge in [-0.15, -0.1) is 0 Å². The van der Waals surface area contributed by atoms with E-state index in [4.69, 9.17) is 14.2 Å². The van der Waals surface area contributed by atoms with Crippen LogP contribution in [0.4, 0.5) is 14.7 Å². The van der Waals surface area contributed by atoms with Gasteiger partial charge in [0.05, 0.1) is 30.4 Å². The van der Waals surface area contributed by atoms with E-state index >= 15 is 0 Å². The van der Waals surface area contributed by atoms with E-state index < -0.39 is 6.43 Å². The number of hydrogen-bond donors (Lipinski definition) is 1. The molecule has 6 rings (SSSR count). The molecule has 0 bridgehead atoms. The van der Waals surface area contributed by atoms with Gasteiger partial charge in [-0.1, -0.05) is 12.1 Å². The third-order valence-electron chi connectivity index (χ3n) is 8.09. The van der Waals surface area contributed by atoms with Crippen LogP contribution in [-0.4, -0.2) is 77.1 Å². The number of imidazole rings is 1. The predicted octanol–water partition coefficient (Wildman–Crippen LogP) is 4.21. The van der Waals surface area contributed by atoms with Crippen molar-refractivity contribution in [2.45, 2.75) is 63.6 Å². The Hall–Kier alpha value is -3.38. The molecule has 2 saturated heterocycles. The minimum Gasteiger partial charge on any atom is -0.474 e. The van der Waals surface area contributed by atoms with Crippen molar-refractivity contribution in [2.75, 3.05) is 44.4 Å². The van der Waals surface area contributed by atoms with Crippen LogP contribution in [-0.2, 0) is 14.3 Å². The van der Waals surface area contributed by atoms with E-state index in [9.17, 15) is 13.6 Å². The second-order valence-electron chi connectivity index (χ2n) is 10.9. The van der Waals surface area contributed by atoms with Gasteiger partial charge < -0.3 is 24.4 Å². The van der Waals surface area contributed by atoms with Crippen molar-refractivity contribution in [3.05, 3.63) is 36.2 Å². The van der Waals surface area contributed by atoms with Gasteiger partial charge in [-0.3, -0.25) is 9.36 Å². The summed E-state index contributed by atoms with van der Waals surface area (Å²) in [6.45, 7) is 3.55. The first kappa shape index (κ1) is 27.8. The molecule has 1 atom stereocenters. The molecular formula is C29H36F2N6O4. The molecule has 10 nitrogen and oxygen atoms in total. The normalized spacial score (nSPS) is 23.6. The Morgan fingerprint density at radius 2 is 1.83 bits per heavy atom. The standard InChI is InChI=1S/C29H36F2N6O4/c30-26(31)27-33-22-6-1-2-7-23(22)37(27)24-17-25(35-29(34-24)36-12-15-39-16-13-36)41-20-10-8-19(9-11-20)28(38)32-18-21-5-3-4-14-40-21/h1-2,6-7,17,19-21,26H,3-5,8-16,18H2,(H,32,38)/t19-,20-,21?. The van der Waals surface area contributed by atoms with Crippen molar-refractivity contribution in [3.8, 4) is 11.7 Å². The molecule has 1 N–H and O–H groups in total. The number of alkyl halides is 2.